The molecule has 1 N–H and O–H groups in total. The van der Waals surface area contributed by atoms with Crippen LogP contribution in [0.5, 0.6) is 5.75 Å². The van der Waals surface area contributed by atoms with Crippen molar-refractivity contribution in [1.82, 2.24) is 4.31 Å². The maximum absolute atomic E-state index is 14.0. The van der Waals surface area contributed by atoms with Crippen molar-refractivity contribution in [2.45, 2.75) is 54.9 Å². The molecule has 3 rings (SSSR count). The van der Waals surface area contributed by atoms with Crippen LogP contribution in [0.25, 0.3) is 0 Å². The predicted octanol–water partition coefficient (Wildman–Crippen LogP) is 5.79. The van der Waals surface area contributed by atoms with E-state index in [0.29, 0.717) is 36.2 Å². The molecule has 35 heavy (non-hydrogen) atoms. The molecule has 10 heteroatoms. The molecule has 0 aromatic heterocycles. The van der Waals surface area contributed by atoms with Crippen LogP contribution in [-0.4, -0.2) is 49.2 Å². The van der Waals surface area contributed by atoms with Gasteiger partial charge in [0, 0.05) is 25.3 Å². The molecular weight excluding hydrogens is 491 g/mol. The van der Waals surface area contributed by atoms with E-state index in [1.54, 1.807) is 19.4 Å². The van der Waals surface area contributed by atoms with E-state index in [0.717, 1.165) is 18.5 Å². The Hall–Kier alpha value is -2.56. The number of nitrogens with zero attached hydrogens (tertiary/aromatic N) is 2. The number of benzene rings is 2. The lowest BCUT2D eigenvalue weighted by Crippen LogP contribution is -2.53. The number of unbranched alkanes of at least 4 members (excludes halogenated alkanes) is 1. The van der Waals surface area contributed by atoms with E-state index in [4.69, 9.17) is 9.84 Å². The molecule has 0 bridgehead atoms. The first-order chi connectivity index (χ1) is 16.6. The number of ether oxygens (including phenoxy) is 1. The lowest BCUT2D eigenvalue weighted by Gasteiger charge is -2.41. The van der Waals surface area contributed by atoms with Gasteiger partial charge in [0.2, 0.25) is 15.9 Å². The summed E-state index contributed by atoms with van der Waals surface area (Å²) in [5, 5.41) is 8.81. The fraction of sp³-hybridized carbons (Fsp3) is 0.400. The van der Waals surface area contributed by atoms with Crippen molar-refractivity contribution in [3.63, 3.8) is 0 Å². The molecule has 7 nitrogen and oxygen atoms in total. The molecule has 0 aliphatic carbocycles. The van der Waals surface area contributed by atoms with Gasteiger partial charge in [-0.15, -0.1) is 11.8 Å². The zero-order valence-electron chi connectivity index (χ0n) is 20.3. The number of hydrogen-bond acceptors (Lipinski definition) is 6. The number of anilines is 2. The fourth-order valence-corrected chi connectivity index (χ4v) is 6.65. The summed E-state index contributed by atoms with van der Waals surface area (Å²) >= 11 is 1.29. The van der Waals surface area contributed by atoms with Crippen LogP contribution >= 0.6 is 11.8 Å². The zero-order chi connectivity index (χ0) is 25.8. The van der Waals surface area contributed by atoms with E-state index in [1.165, 1.54) is 22.1 Å². The lowest BCUT2D eigenvalue weighted by molar-refractivity contribution is -0.134. The van der Waals surface area contributed by atoms with E-state index in [9.17, 15) is 17.6 Å². The Labute approximate surface area is 210 Å². The second-order valence-corrected chi connectivity index (χ2v) is 11.2. The van der Waals surface area contributed by atoms with Gasteiger partial charge in [-0.3, -0.25) is 0 Å². The molecule has 0 amide bonds. The number of carboxylic acid groups (broad SMARTS) is 1. The number of aliphatic carboxylic acids is 1. The summed E-state index contributed by atoms with van der Waals surface area (Å²) in [4.78, 5) is 13.4. The monoisotopic (exact) mass is 522 g/mol. The predicted molar refractivity (Wildman–Crippen MR) is 137 cm³/mol. The second-order valence-electron chi connectivity index (χ2n) is 8.44. The maximum atomic E-state index is 14.0. The van der Waals surface area contributed by atoms with Gasteiger partial charge in [0.25, 0.3) is 0 Å². The van der Waals surface area contributed by atoms with Crippen LogP contribution in [-0.2, 0) is 14.8 Å². The van der Waals surface area contributed by atoms with Crippen molar-refractivity contribution < 1.29 is 27.4 Å². The number of hydrogen-bond donors (Lipinski definition) is 1. The summed E-state index contributed by atoms with van der Waals surface area (Å²) in [5.41, 5.74) is 0.694. The number of carboxylic acids is 1. The number of thioether (sulfide) groups is 1. The molecule has 0 saturated carbocycles. The van der Waals surface area contributed by atoms with Crippen LogP contribution in [0.15, 0.2) is 64.3 Å². The SMILES string of the molecule is CCCC[C@@]1(CC)CN(c2ccccc2)c2cc(SC)c(O/C=C(\F)C(=O)O)cc2S(=O)(=O)N1C. The molecule has 0 fully saturated rings. The van der Waals surface area contributed by atoms with Gasteiger partial charge in [0.05, 0.1) is 16.1 Å². The van der Waals surface area contributed by atoms with Crippen LogP contribution in [0.4, 0.5) is 15.8 Å². The minimum atomic E-state index is -3.98. The van der Waals surface area contributed by atoms with Gasteiger partial charge in [-0.2, -0.15) is 8.70 Å². The third-order valence-corrected chi connectivity index (χ3v) is 9.26. The number of sulfonamides is 1. The van der Waals surface area contributed by atoms with Crippen molar-refractivity contribution in [3.8, 4) is 5.75 Å². The molecule has 0 saturated heterocycles. The smallest absolute Gasteiger partial charge is 0.368 e. The number of fused-ring (bicyclic) bond motifs is 1. The van der Waals surface area contributed by atoms with Crippen LogP contribution in [0.1, 0.15) is 39.5 Å². The highest BCUT2D eigenvalue weighted by atomic mass is 32.2. The second kappa shape index (κ2) is 11.0. The zero-order valence-corrected chi connectivity index (χ0v) is 22.0. The summed E-state index contributed by atoms with van der Waals surface area (Å²) in [7, 11) is -2.37. The average Bonchev–Trinajstić information content (AvgIpc) is 2.93. The summed E-state index contributed by atoms with van der Waals surface area (Å²) in [6.07, 6.45) is 5.38. The maximum Gasteiger partial charge on any atom is 0.368 e. The largest absolute Gasteiger partial charge is 0.476 e. The topological polar surface area (TPSA) is 87.1 Å². The number of carbonyl (C=O) groups is 1. The molecule has 2 aromatic carbocycles. The molecular formula is C25H31FN2O5S2. The van der Waals surface area contributed by atoms with Crippen molar-refractivity contribution in [3.05, 3.63) is 54.6 Å². The average molecular weight is 523 g/mol. The Morgan fingerprint density at radius 2 is 1.94 bits per heavy atom. The van der Waals surface area contributed by atoms with Gasteiger partial charge in [-0.05, 0) is 37.3 Å². The van der Waals surface area contributed by atoms with Gasteiger partial charge in [-0.25, -0.2) is 13.2 Å². The number of para-hydroxylation sites is 1. The first kappa shape index (κ1) is 27.0. The van der Waals surface area contributed by atoms with E-state index < -0.39 is 27.4 Å². The molecule has 2 aromatic rings. The van der Waals surface area contributed by atoms with Gasteiger partial charge in [0.1, 0.15) is 16.9 Å². The van der Waals surface area contributed by atoms with Crippen molar-refractivity contribution in [1.29, 1.82) is 0 Å². The Bertz CT molecular complexity index is 1200. The normalized spacial score (nSPS) is 20.3. The summed E-state index contributed by atoms with van der Waals surface area (Å²) in [6, 6.07) is 12.7. The highest BCUT2D eigenvalue weighted by Gasteiger charge is 2.46. The number of rotatable bonds is 9. The van der Waals surface area contributed by atoms with Gasteiger partial charge < -0.3 is 14.7 Å². The molecule has 1 aliphatic heterocycles. The van der Waals surface area contributed by atoms with Crippen molar-refractivity contribution >= 4 is 39.1 Å². The summed E-state index contributed by atoms with van der Waals surface area (Å²) in [6.45, 7) is 4.54. The standard InChI is InChI=1S/C25H31FN2O5S2/c1-5-7-13-25(6-2)17-28(18-11-9-8-10-12-18)20-14-22(34-4)21(33-16-19(26)24(29)30)15-23(20)35(31,32)27(25)3/h8-12,14-16H,5-7,13,17H2,1-4H3,(H,29,30)/b19-16-/t25-/m0/s1. The lowest BCUT2D eigenvalue weighted by atomic mass is 9.88. The molecule has 0 spiro atoms. The van der Waals surface area contributed by atoms with Crippen LogP contribution in [0.3, 0.4) is 0 Å². The molecule has 0 radical (unpaired) electrons. The molecule has 1 atom stereocenters. The first-order valence-corrected chi connectivity index (χ1v) is 14.1. The third-order valence-electron chi connectivity index (χ3n) is 6.51. The summed E-state index contributed by atoms with van der Waals surface area (Å²) in [5.74, 6) is -3.19. The highest BCUT2D eigenvalue weighted by Crippen LogP contribution is 2.46. The minimum Gasteiger partial charge on any atom is -0.476 e. The number of halogens is 1. The van der Waals surface area contributed by atoms with Gasteiger partial charge in [0.15, 0.2) is 0 Å². The van der Waals surface area contributed by atoms with Crippen LogP contribution < -0.4 is 9.64 Å². The van der Waals surface area contributed by atoms with Crippen LogP contribution in [0.2, 0.25) is 0 Å². The summed E-state index contributed by atoms with van der Waals surface area (Å²) < 4.78 is 48.4. The Morgan fingerprint density at radius 1 is 1.26 bits per heavy atom. The van der Waals surface area contributed by atoms with Crippen molar-refractivity contribution in [2.75, 3.05) is 24.7 Å². The van der Waals surface area contributed by atoms with E-state index >= 15 is 0 Å². The Balaban J connectivity index is 2.29. The van der Waals surface area contributed by atoms with Crippen molar-refractivity contribution in [2.24, 2.45) is 0 Å². The van der Waals surface area contributed by atoms with Crippen LogP contribution in [0, 0.1) is 0 Å². The first-order valence-electron chi connectivity index (χ1n) is 11.4. The molecule has 1 heterocycles. The number of likely N-dealkylation sites (N-methyl/N-ethyl adjacent to an activating group) is 1. The molecule has 0 unspecified atom stereocenters. The highest BCUT2D eigenvalue weighted by molar-refractivity contribution is 7.98. The molecule has 1 aliphatic rings. The quantitative estimate of drug-likeness (QED) is 0.253. The molecule has 190 valence electrons. The van der Waals surface area contributed by atoms with E-state index in [1.807, 2.05) is 42.2 Å². The Kier molecular flexibility index (Phi) is 8.50. The minimum absolute atomic E-state index is 0.0209. The van der Waals surface area contributed by atoms with E-state index in [-0.39, 0.29) is 10.6 Å². The van der Waals surface area contributed by atoms with Gasteiger partial charge in [-0.1, -0.05) is 44.9 Å². The fourth-order valence-electron chi connectivity index (χ4n) is 4.34. The Morgan fingerprint density at radius 3 is 2.51 bits per heavy atom. The van der Waals surface area contributed by atoms with Gasteiger partial charge >= 0.3 is 5.97 Å². The third kappa shape index (κ3) is 5.34. The van der Waals surface area contributed by atoms with E-state index in [2.05, 4.69) is 6.92 Å².